The minimum Gasteiger partial charge on any atom is -0.379 e. The molecule has 27 heavy (non-hydrogen) atoms. The van der Waals surface area contributed by atoms with Crippen LogP contribution in [-0.2, 0) is 4.74 Å². The maximum atomic E-state index is 5.67. The van der Waals surface area contributed by atoms with Crippen molar-refractivity contribution in [2.45, 2.75) is 50.5 Å². The largest absolute Gasteiger partial charge is 0.379 e. The summed E-state index contributed by atoms with van der Waals surface area (Å²) in [6.07, 6.45) is 11.5. The van der Waals surface area contributed by atoms with E-state index in [1.54, 1.807) is 0 Å². The lowest BCUT2D eigenvalue weighted by Gasteiger charge is -2.22. The van der Waals surface area contributed by atoms with Crippen LogP contribution in [0.4, 0.5) is 0 Å². The fourth-order valence-corrected chi connectivity index (χ4v) is 4.64. The third-order valence-corrected chi connectivity index (χ3v) is 6.08. The summed E-state index contributed by atoms with van der Waals surface area (Å²) < 4.78 is 8.00. The predicted octanol–water partition coefficient (Wildman–Crippen LogP) is 4.95. The molecule has 1 aromatic carbocycles. The van der Waals surface area contributed by atoms with Crippen molar-refractivity contribution in [2.75, 3.05) is 13.2 Å². The molecule has 0 radical (unpaired) electrons. The highest BCUT2D eigenvalue weighted by Gasteiger charge is 2.28. The van der Waals surface area contributed by atoms with Crippen molar-refractivity contribution in [3.05, 3.63) is 48.5 Å². The van der Waals surface area contributed by atoms with Crippen molar-refractivity contribution in [1.82, 2.24) is 19.7 Å². The fraction of sp³-hybridized carbons (Fsp3) is 0.455. The Labute approximate surface area is 159 Å². The molecular formula is C22H26N4O. The van der Waals surface area contributed by atoms with Gasteiger partial charge in [-0.05, 0) is 19.3 Å². The van der Waals surface area contributed by atoms with E-state index in [4.69, 9.17) is 9.72 Å². The standard InChI is InChI=1S/C22H26N4O/c1-3-7-16(8-4-1)20-19(13-24-25-20)22-21(17-9-5-2-6-10-17)23-15-26(22)18-11-12-27-14-18/h2,5-6,9-10,13,15-16,18H,1,3-4,7-8,11-12,14H2,(H,24,25)/t18-/m1/s1. The summed E-state index contributed by atoms with van der Waals surface area (Å²) in [5, 5.41) is 7.80. The number of ether oxygens (including phenoxy) is 1. The summed E-state index contributed by atoms with van der Waals surface area (Å²) in [7, 11) is 0. The molecule has 1 N–H and O–H groups in total. The number of benzene rings is 1. The number of rotatable bonds is 4. The Morgan fingerprint density at radius 2 is 1.89 bits per heavy atom. The number of imidazole rings is 1. The van der Waals surface area contributed by atoms with Crippen LogP contribution < -0.4 is 0 Å². The number of nitrogens with one attached hydrogen (secondary N) is 1. The highest BCUT2D eigenvalue weighted by atomic mass is 16.5. The Morgan fingerprint density at radius 1 is 1.04 bits per heavy atom. The van der Waals surface area contributed by atoms with Crippen LogP contribution in [0.25, 0.3) is 22.5 Å². The molecule has 5 rings (SSSR count). The third-order valence-electron chi connectivity index (χ3n) is 6.08. The molecule has 2 aromatic heterocycles. The van der Waals surface area contributed by atoms with Crippen molar-refractivity contribution in [3.8, 4) is 22.5 Å². The Balaban J connectivity index is 1.64. The number of hydrogen-bond donors (Lipinski definition) is 1. The summed E-state index contributed by atoms with van der Waals surface area (Å²) in [6.45, 7) is 1.58. The molecule has 0 amide bonds. The topological polar surface area (TPSA) is 55.7 Å². The smallest absolute Gasteiger partial charge is 0.0964 e. The molecule has 5 heteroatoms. The molecule has 3 heterocycles. The first-order valence-electron chi connectivity index (χ1n) is 10.2. The van der Waals surface area contributed by atoms with E-state index in [1.807, 2.05) is 12.5 Å². The molecule has 2 fully saturated rings. The average molecular weight is 362 g/mol. The Morgan fingerprint density at radius 3 is 2.67 bits per heavy atom. The number of aromatic amines is 1. The Hall–Kier alpha value is -2.40. The lowest BCUT2D eigenvalue weighted by Crippen LogP contribution is -2.11. The third kappa shape index (κ3) is 3.10. The van der Waals surface area contributed by atoms with Crippen LogP contribution in [-0.4, -0.2) is 33.0 Å². The van der Waals surface area contributed by atoms with Crippen molar-refractivity contribution in [3.63, 3.8) is 0 Å². The number of H-pyrrole nitrogens is 1. The van der Waals surface area contributed by atoms with E-state index >= 15 is 0 Å². The van der Waals surface area contributed by atoms with Gasteiger partial charge in [0.1, 0.15) is 0 Å². The van der Waals surface area contributed by atoms with Crippen molar-refractivity contribution in [2.24, 2.45) is 0 Å². The van der Waals surface area contributed by atoms with Gasteiger partial charge in [0.05, 0.1) is 36.6 Å². The van der Waals surface area contributed by atoms with E-state index in [-0.39, 0.29) is 0 Å². The minimum atomic E-state index is 0.346. The first kappa shape index (κ1) is 16.8. The summed E-state index contributed by atoms with van der Waals surface area (Å²) in [6, 6.07) is 10.8. The molecule has 3 aromatic rings. The predicted molar refractivity (Wildman–Crippen MR) is 106 cm³/mol. The van der Waals surface area contributed by atoms with E-state index in [1.165, 1.54) is 49.1 Å². The molecule has 1 aliphatic carbocycles. The first-order chi connectivity index (χ1) is 13.4. The van der Waals surface area contributed by atoms with Crippen molar-refractivity contribution >= 4 is 0 Å². The minimum absolute atomic E-state index is 0.346. The van der Waals surface area contributed by atoms with Crippen molar-refractivity contribution in [1.29, 1.82) is 0 Å². The van der Waals surface area contributed by atoms with E-state index in [0.717, 1.165) is 30.9 Å². The zero-order chi connectivity index (χ0) is 18.1. The van der Waals surface area contributed by atoms with Gasteiger partial charge in [-0.1, -0.05) is 49.6 Å². The quantitative estimate of drug-likeness (QED) is 0.714. The molecule has 0 unspecified atom stereocenters. The van der Waals surface area contributed by atoms with Gasteiger partial charge in [0, 0.05) is 29.3 Å². The van der Waals surface area contributed by atoms with Crippen LogP contribution in [0.5, 0.6) is 0 Å². The van der Waals surface area contributed by atoms with Crippen molar-refractivity contribution < 1.29 is 4.74 Å². The summed E-state index contributed by atoms with van der Waals surface area (Å²) in [5.74, 6) is 0.572. The molecular weight excluding hydrogens is 336 g/mol. The van der Waals surface area contributed by atoms with Crippen LogP contribution in [0.3, 0.4) is 0 Å². The number of aromatic nitrogens is 4. The van der Waals surface area contributed by atoms with Crippen LogP contribution in [0, 0.1) is 0 Å². The van der Waals surface area contributed by atoms with E-state index in [9.17, 15) is 0 Å². The molecule has 1 atom stereocenters. The molecule has 1 aliphatic heterocycles. The number of nitrogens with zero attached hydrogens (tertiary/aromatic N) is 3. The SMILES string of the molecule is c1ccc(-c2ncn([C@@H]3CCOC3)c2-c2cn[nH]c2C2CCCCC2)cc1. The first-order valence-corrected chi connectivity index (χ1v) is 10.2. The van der Waals surface area contributed by atoms with Gasteiger partial charge in [-0.3, -0.25) is 5.10 Å². The summed E-state index contributed by atoms with van der Waals surface area (Å²) >= 11 is 0. The maximum Gasteiger partial charge on any atom is 0.0964 e. The fourth-order valence-electron chi connectivity index (χ4n) is 4.64. The average Bonchev–Trinajstić information content (AvgIpc) is 3.48. The second-order valence-electron chi connectivity index (χ2n) is 7.76. The Kier molecular flexibility index (Phi) is 4.54. The van der Waals surface area contributed by atoms with Gasteiger partial charge in [0.25, 0.3) is 0 Å². The zero-order valence-corrected chi connectivity index (χ0v) is 15.6. The molecule has 0 bridgehead atoms. The van der Waals surface area contributed by atoms with E-state index < -0.39 is 0 Å². The Bertz CT molecular complexity index is 886. The van der Waals surface area contributed by atoms with Gasteiger partial charge < -0.3 is 9.30 Å². The van der Waals surface area contributed by atoms with Gasteiger partial charge in [0.2, 0.25) is 0 Å². The molecule has 2 aliphatic rings. The van der Waals surface area contributed by atoms with E-state index in [2.05, 4.69) is 45.1 Å². The van der Waals surface area contributed by atoms with Gasteiger partial charge in [0.15, 0.2) is 0 Å². The molecule has 1 saturated heterocycles. The van der Waals surface area contributed by atoms with Crippen LogP contribution in [0.1, 0.15) is 56.2 Å². The van der Waals surface area contributed by atoms with Crippen LogP contribution >= 0.6 is 0 Å². The summed E-state index contributed by atoms with van der Waals surface area (Å²) in [4.78, 5) is 4.84. The second-order valence-corrected chi connectivity index (χ2v) is 7.76. The van der Waals surface area contributed by atoms with Crippen LogP contribution in [0.2, 0.25) is 0 Å². The van der Waals surface area contributed by atoms with Crippen LogP contribution in [0.15, 0.2) is 42.9 Å². The molecule has 140 valence electrons. The lowest BCUT2D eigenvalue weighted by atomic mass is 9.85. The number of hydrogen-bond acceptors (Lipinski definition) is 3. The monoisotopic (exact) mass is 362 g/mol. The highest BCUT2D eigenvalue weighted by molar-refractivity contribution is 5.79. The van der Waals surface area contributed by atoms with Gasteiger partial charge in [-0.2, -0.15) is 5.10 Å². The molecule has 0 spiro atoms. The van der Waals surface area contributed by atoms with Gasteiger partial charge in [-0.15, -0.1) is 0 Å². The lowest BCUT2D eigenvalue weighted by molar-refractivity contribution is 0.187. The van der Waals surface area contributed by atoms with Gasteiger partial charge >= 0.3 is 0 Å². The highest BCUT2D eigenvalue weighted by Crippen LogP contribution is 2.41. The van der Waals surface area contributed by atoms with Gasteiger partial charge in [-0.25, -0.2) is 4.98 Å². The summed E-state index contributed by atoms with van der Waals surface area (Å²) in [5.41, 5.74) is 5.88. The molecule has 1 saturated carbocycles. The second kappa shape index (κ2) is 7.31. The maximum absolute atomic E-state index is 5.67. The molecule has 5 nitrogen and oxygen atoms in total. The normalized spacial score (nSPS) is 21.0. The van der Waals surface area contributed by atoms with E-state index in [0.29, 0.717) is 12.0 Å². The zero-order valence-electron chi connectivity index (χ0n) is 15.6.